The van der Waals surface area contributed by atoms with Crippen LogP contribution in [0.25, 0.3) is 0 Å². The van der Waals surface area contributed by atoms with Gasteiger partial charge in [0, 0.05) is 26.3 Å². The molecule has 1 aromatic carbocycles. The smallest absolute Gasteiger partial charge is 0.224 e. The molecule has 4 heteroatoms. The van der Waals surface area contributed by atoms with E-state index in [1.807, 2.05) is 37.3 Å². The van der Waals surface area contributed by atoms with Gasteiger partial charge in [-0.25, -0.2) is 0 Å². The molecule has 2 atom stereocenters. The zero-order valence-corrected chi connectivity index (χ0v) is 13.7. The number of ether oxygens (including phenoxy) is 1. The van der Waals surface area contributed by atoms with E-state index >= 15 is 0 Å². The van der Waals surface area contributed by atoms with E-state index in [0.717, 1.165) is 25.1 Å². The highest BCUT2D eigenvalue weighted by Crippen LogP contribution is 2.43. The number of nitrogens with two attached hydrogens (primary N) is 1. The molecule has 4 nitrogen and oxygen atoms in total. The molecular weight excluding hydrogens is 276 g/mol. The highest BCUT2D eigenvalue weighted by molar-refractivity contribution is 5.79. The van der Waals surface area contributed by atoms with Gasteiger partial charge in [0.05, 0.1) is 5.92 Å². The Morgan fingerprint density at radius 3 is 2.59 bits per heavy atom. The molecule has 22 heavy (non-hydrogen) atoms. The standard InChI is InChI=1S/C18H28N2O2/c1-14(16(19)15-7-4-3-5-8-15)17(21)20-13-18(9-6-10-18)11-12-22-2/h3-5,7-8,14,16H,6,9-13,19H2,1-2H3,(H,20,21). The summed E-state index contributed by atoms with van der Waals surface area (Å²) >= 11 is 0. The molecule has 1 aromatic rings. The van der Waals surface area contributed by atoms with Crippen LogP contribution in [-0.2, 0) is 9.53 Å². The molecule has 2 unspecified atom stereocenters. The van der Waals surface area contributed by atoms with Gasteiger partial charge in [0.25, 0.3) is 0 Å². The van der Waals surface area contributed by atoms with Gasteiger partial charge >= 0.3 is 0 Å². The summed E-state index contributed by atoms with van der Waals surface area (Å²) in [5, 5.41) is 3.11. The summed E-state index contributed by atoms with van der Waals surface area (Å²) in [6.07, 6.45) is 4.62. The van der Waals surface area contributed by atoms with Gasteiger partial charge < -0.3 is 15.8 Å². The van der Waals surface area contributed by atoms with Gasteiger partial charge in [-0.2, -0.15) is 0 Å². The molecule has 0 spiro atoms. The summed E-state index contributed by atoms with van der Waals surface area (Å²) in [5.74, 6) is -0.193. The molecular formula is C18H28N2O2. The lowest BCUT2D eigenvalue weighted by Gasteiger charge is -2.42. The van der Waals surface area contributed by atoms with Crippen molar-refractivity contribution in [3.63, 3.8) is 0 Å². The van der Waals surface area contributed by atoms with Crippen molar-refractivity contribution in [3.8, 4) is 0 Å². The van der Waals surface area contributed by atoms with E-state index in [9.17, 15) is 4.79 Å². The van der Waals surface area contributed by atoms with Gasteiger partial charge in [-0.15, -0.1) is 0 Å². The molecule has 2 rings (SSSR count). The Hall–Kier alpha value is -1.39. The number of amides is 1. The zero-order chi connectivity index (χ0) is 16.0. The van der Waals surface area contributed by atoms with E-state index in [0.29, 0.717) is 0 Å². The van der Waals surface area contributed by atoms with Crippen LogP contribution < -0.4 is 11.1 Å². The molecule has 1 amide bonds. The first kappa shape index (κ1) is 17.0. The average molecular weight is 304 g/mol. The predicted molar refractivity (Wildman–Crippen MR) is 88.3 cm³/mol. The Bertz CT molecular complexity index is 471. The first-order valence-corrected chi connectivity index (χ1v) is 8.15. The van der Waals surface area contributed by atoms with Crippen molar-refractivity contribution in [1.82, 2.24) is 5.32 Å². The van der Waals surface area contributed by atoms with Crippen molar-refractivity contribution in [2.24, 2.45) is 17.1 Å². The summed E-state index contributed by atoms with van der Waals surface area (Å²) in [6.45, 7) is 3.39. The van der Waals surface area contributed by atoms with Gasteiger partial charge in [0.15, 0.2) is 0 Å². The van der Waals surface area contributed by atoms with Crippen molar-refractivity contribution in [3.05, 3.63) is 35.9 Å². The Balaban J connectivity index is 1.86. The molecule has 1 aliphatic rings. The van der Waals surface area contributed by atoms with Crippen LogP contribution in [0.3, 0.4) is 0 Å². The molecule has 0 aliphatic heterocycles. The predicted octanol–water partition coefficient (Wildman–Crippen LogP) is 2.65. The molecule has 122 valence electrons. The fourth-order valence-corrected chi connectivity index (χ4v) is 3.07. The van der Waals surface area contributed by atoms with E-state index in [1.54, 1.807) is 7.11 Å². The number of rotatable bonds is 8. The summed E-state index contributed by atoms with van der Waals surface area (Å²) in [7, 11) is 1.73. The number of nitrogens with one attached hydrogen (secondary N) is 1. The van der Waals surface area contributed by atoms with Crippen LogP contribution in [0, 0.1) is 11.3 Å². The quantitative estimate of drug-likeness (QED) is 0.776. The lowest BCUT2D eigenvalue weighted by atomic mass is 9.66. The van der Waals surface area contributed by atoms with Crippen molar-refractivity contribution in [2.75, 3.05) is 20.3 Å². The number of hydrogen-bond donors (Lipinski definition) is 2. The summed E-state index contributed by atoms with van der Waals surface area (Å²) in [6, 6.07) is 9.54. The molecule has 1 aliphatic carbocycles. The maximum atomic E-state index is 12.4. The highest BCUT2D eigenvalue weighted by atomic mass is 16.5. The van der Waals surface area contributed by atoms with E-state index in [-0.39, 0.29) is 23.3 Å². The second-order valence-corrected chi connectivity index (χ2v) is 6.54. The van der Waals surface area contributed by atoms with E-state index in [4.69, 9.17) is 10.5 Å². The van der Waals surface area contributed by atoms with Crippen LogP contribution in [0.2, 0.25) is 0 Å². The summed E-state index contributed by atoms with van der Waals surface area (Å²) in [5.41, 5.74) is 7.47. The van der Waals surface area contributed by atoms with Crippen molar-refractivity contribution >= 4 is 5.91 Å². The molecule has 0 radical (unpaired) electrons. The fourth-order valence-electron chi connectivity index (χ4n) is 3.07. The third kappa shape index (κ3) is 4.08. The third-order valence-corrected chi connectivity index (χ3v) is 5.03. The van der Waals surface area contributed by atoms with Crippen molar-refractivity contribution < 1.29 is 9.53 Å². The van der Waals surface area contributed by atoms with Gasteiger partial charge in [0.2, 0.25) is 5.91 Å². The summed E-state index contributed by atoms with van der Waals surface area (Å²) < 4.78 is 5.19. The molecule has 0 bridgehead atoms. The van der Waals surface area contributed by atoms with Crippen LogP contribution in [-0.4, -0.2) is 26.2 Å². The number of carbonyl (C=O) groups excluding carboxylic acids is 1. The second-order valence-electron chi connectivity index (χ2n) is 6.54. The third-order valence-electron chi connectivity index (χ3n) is 5.03. The van der Waals surface area contributed by atoms with Gasteiger partial charge in [-0.05, 0) is 30.2 Å². The van der Waals surface area contributed by atoms with Gasteiger partial charge in [-0.3, -0.25) is 4.79 Å². The molecule has 1 fully saturated rings. The fraction of sp³-hybridized carbons (Fsp3) is 0.611. The minimum atomic E-state index is -0.266. The maximum Gasteiger partial charge on any atom is 0.224 e. The van der Waals surface area contributed by atoms with Crippen LogP contribution >= 0.6 is 0 Å². The van der Waals surface area contributed by atoms with E-state index < -0.39 is 0 Å². The highest BCUT2D eigenvalue weighted by Gasteiger charge is 2.37. The summed E-state index contributed by atoms with van der Waals surface area (Å²) in [4.78, 5) is 12.4. The first-order valence-electron chi connectivity index (χ1n) is 8.15. The second kappa shape index (κ2) is 7.75. The largest absolute Gasteiger partial charge is 0.385 e. The minimum Gasteiger partial charge on any atom is -0.385 e. The molecule has 1 saturated carbocycles. The number of benzene rings is 1. The average Bonchev–Trinajstić information content (AvgIpc) is 2.52. The monoisotopic (exact) mass is 304 g/mol. The van der Waals surface area contributed by atoms with E-state index in [2.05, 4.69) is 5.32 Å². The zero-order valence-electron chi connectivity index (χ0n) is 13.7. The SMILES string of the molecule is COCCC1(CNC(=O)C(C)C(N)c2ccccc2)CCC1. The number of hydrogen-bond acceptors (Lipinski definition) is 3. The Morgan fingerprint density at radius 2 is 2.05 bits per heavy atom. The van der Waals surface area contributed by atoms with Gasteiger partial charge in [0.1, 0.15) is 0 Å². The first-order chi connectivity index (χ1) is 10.6. The number of methoxy groups -OCH3 is 1. The Morgan fingerprint density at radius 1 is 1.36 bits per heavy atom. The van der Waals surface area contributed by atoms with Crippen LogP contribution in [0.5, 0.6) is 0 Å². The molecule has 0 saturated heterocycles. The lowest BCUT2D eigenvalue weighted by molar-refractivity contribution is -0.126. The molecule has 0 aromatic heterocycles. The molecule has 3 N–H and O–H groups in total. The van der Waals surface area contributed by atoms with Crippen LogP contribution in [0.15, 0.2) is 30.3 Å². The van der Waals surface area contributed by atoms with Crippen LogP contribution in [0.4, 0.5) is 0 Å². The Labute approximate surface area is 133 Å². The topological polar surface area (TPSA) is 64.3 Å². The van der Waals surface area contributed by atoms with Crippen molar-refractivity contribution in [2.45, 2.75) is 38.6 Å². The maximum absolute atomic E-state index is 12.4. The van der Waals surface area contributed by atoms with Crippen LogP contribution in [0.1, 0.15) is 44.2 Å². The lowest BCUT2D eigenvalue weighted by Crippen LogP contribution is -2.45. The Kier molecular flexibility index (Phi) is 5.98. The van der Waals surface area contributed by atoms with Gasteiger partial charge in [-0.1, -0.05) is 43.7 Å². The van der Waals surface area contributed by atoms with Crippen molar-refractivity contribution in [1.29, 1.82) is 0 Å². The van der Waals surface area contributed by atoms with E-state index in [1.165, 1.54) is 19.3 Å². The normalized spacial score (nSPS) is 19.0. The number of carbonyl (C=O) groups is 1. The molecule has 0 heterocycles. The minimum absolute atomic E-state index is 0.0417.